The zero-order chi connectivity index (χ0) is 22.1. The van der Waals surface area contributed by atoms with Crippen LogP contribution in [0.2, 0.25) is 0 Å². The molecule has 2 aromatic heterocycles. The molecule has 8 heteroatoms. The van der Waals surface area contributed by atoms with Crippen LogP contribution in [-0.4, -0.2) is 26.6 Å². The molecule has 0 spiro atoms. The van der Waals surface area contributed by atoms with E-state index in [9.17, 15) is 14.0 Å². The molecule has 162 valence electrons. The minimum atomic E-state index is -0.475. The number of aromatic nitrogens is 3. The van der Waals surface area contributed by atoms with Crippen LogP contribution in [0.1, 0.15) is 51.4 Å². The van der Waals surface area contributed by atoms with Gasteiger partial charge < -0.3 is 4.98 Å². The summed E-state index contributed by atoms with van der Waals surface area (Å²) in [4.78, 5) is 28.7. The Morgan fingerprint density at radius 3 is 2.53 bits per heavy atom. The third-order valence-electron chi connectivity index (χ3n) is 5.84. The third kappa shape index (κ3) is 3.64. The first-order valence-electron chi connectivity index (χ1n) is 10.7. The molecule has 2 amide bonds. The monoisotopic (exact) mass is 431 g/mol. The Balaban J connectivity index is 1.40. The summed E-state index contributed by atoms with van der Waals surface area (Å²) in [6.07, 6.45) is 6.16. The number of amides is 2. The number of aromatic amines is 1. The molecular formula is C24H22FN5O2. The summed E-state index contributed by atoms with van der Waals surface area (Å²) in [6, 6.07) is 13.5. The van der Waals surface area contributed by atoms with Crippen molar-refractivity contribution >= 4 is 22.7 Å². The number of fused-ring (bicyclic) bond motifs is 2. The minimum absolute atomic E-state index is 0.283. The number of benzene rings is 2. The molecule has 0 saturated heterocycles. The number of hydrogen-bond acceptors (Lipinski definition) is 3. The van der Waals surface area contributed by atoms with E-state index in [0.717, 1.165) is 54.3 Å². The third-order valence-corrected chi connectivity index (χ3v) is 5.84. The number of rotatable bonds is 3. The van der Waals surface area contributed by atoms with Gasteiger partial charge in [0.2, 0.25) is 0 Å². The van der Waals surface area contributed by atoms with E-state index in [2.05, 4.69) is 20.9 Å². The largest absolute Gasteiger partial charge is 0.360 e. The maximum absolute atomic E-state index is 13.4. The summed E-state index contributed by atoms with van der Waals surface area (Å²) in [5.41, 5.74) is 9.11. The predicted molar refractivity (Wildman–Crippen MR) is 118 cm³/mol. The lowest BCUT2D eigenvalue weighted by Crippen LogP contribution is -2.42. The van der Waals surface area contributed by atoms with Gasteiger partial charge in [0, 0.05) is 28.4 Å². The van der Waals surface area contributed by atoms with E-state index in [0.29, 0.717) is 11.3 Å². The highest BCUT2D eigenvalue weighted by Crippen LogP contribution is 2.26. The molecule has 2 aromatic carbocycles. The molecule has 0 atom stereocenters. The number of nitrogens with zero attached hydrogens (tertiary/aromatic N) is 2. The molecule has 0 radical (unpaired) electrons. The molecule has 7 nitrogen and oxygen atoms in total. The van der Waals surface area contributed by atoms with Gasteiger partial charge in [-0.1, -0.05) is 24.6 Å². The van der Waals surface area contributed by atoms with Gasteiger partial charge in [0.15, 0.2) is 5.69 Å². The van der Waals surface area contributed by atoms with Crippen molar-refractivity contribution in [3.8, 4) is 5.69 Å². The lowest BCUT2D eigenvalue weighted by Gasteiger charge is -2.07. The van der Waals surface area contributed by atoms with Gasteiger partial charge >= 0.3 is 0 Å². The first-order valence-corrected chi connectivity index (χ1v) is 10.7. The van der Waals surface area contributed by atoms with Crippen molar-refractivity contribution in [1.29, 1.82) is 0 Å². The maximum Gasteiger partial charge on any atom is 0.290 e. The van der Waals surface area contributed by atoms with Crippen LogP contribution < -0.4 is 10.9 Å². The number of halogens is 1. The molecule has 32 heavy (non-hydrogen) atoms. The zero-order valence-corrected chi connectivity index (χ0v) is 17.3. The van der Waals surface area contributed by atoms with Crippen LogP contribution >= 0.6 is 0 Å². The second-order valence-corrected chi connectivity index (χ2v) is 7.88. The number of hydrazine groups is 1. The molecule has 3 N–H and O–H groups in total. The highest BCUT2D eigenvalue weighted by atomic mass is 19.1. The minimum Gasteiger partial charge on any atom is -0.360 e. The summed E-state index contributed by atoms with van der Waals surface area (Å²) in [7, 11) is 0. The summed E-state index contributed by atoms with van der Waals surface area (Å²) >= 11 is 0. The SMILES string of the molecule is O=C(NNC(=O)c1c[nH]c2ccccc12)c1nn(-c2ccc(F)cc2)c2c1CCCCC2. The van der Waals surface area contributed by atoms with Gasteiger partial charge in [0.25, 0.3) is 11.8 Å². The van der Waals surface area contributed by atoms with Crippen LogP contribution in [0.25, 0.3) is 16.6 Å². The van der Waals surface area contributed by atoms with E-state index in [4.69, 9.17) is 0 Å². The average molecular weight is 431 g/mol. The first-order chi connectivity index (χ1) is 15.6. The van der Waals surface area contributed by atoms with Crippen molar-refractivity contribution in [2.24, 2.45) is 0 Å². The Labute approximate surface area is 183 Å². The van der Waals surface area contributed by atoms with Gasteiger partial charge in [-0.3, -0.25) is 20.4 Å². The molecule has 0 fully saturated rings. The lowest BCUT2D eigenvalue weighted by atomic mass is 10.1. The van der Waals surface area contributed by atoms with Crippen molar-refractivity contribution in [1.82, 2.24) is 25.6 Å². The smallest absolute Gasteiger partial charge is 0.290 e. The Morgan fingerprint density at radius 2 is 1.69 bits per heavy atom. The van der Waals surface area contributed by atoms with Gasteiger partial charge in [-0.05, 0) is 56.0 Å². The fraction of sp³-hybridized carbons (Fsp3) is 0.208. The number of hydrogen-bond donors (Lipinski definition) is 3. The second-order valence-electron chi connectivity index (χ2n) is 7.88. The Bertz CT molecular complexity index is 1310. The molecule has 5 rings (SSSR count). The van der Waals surface area contributed by atoms with Crippen LogP contribution in [0.3, 0.4) is 0 Å². The van der Waals surface area contributed by atoms with Crippen LogP contribution in [0.4, 0.5) is 4.39 Å². The zero-order valence-electron chi connectivity index (χ0n) is 17.3. The lowest BCUT2D eigenvalue weighted by molar-refractivity contribution is 0.0844. The predicted octanol–water partition coefficient (Wildman–Crippen LogP) is 3.84. The van der Waals surface area contributed by atoms with E-state index >= 15 is 0 Å². The summed E-state index contributed by atoms with van der Waals surface area (Å²) < 4.78 is 15.1. The number of carbonyl (C=O) groups excluding carboxylic acids is 2. The quantitative estimate of drug-likeness (QED) is 0.340. The summed E-state index contributed by atoms with van der Waals surface area (Å²) in [5.74, 6) is -1.22. The summed E-state index contributed by atoms with van der Waals surface area (Å²) in [6.45, 7) is 0. The van der Waals surface area contributed by atoms with Gasteiger partial charge in [-0.15, -0.1) is 0 Å². The molecule has 0 bridgehead atoms. The topological polar surface area (TPSA) is 91.8 Å². The highest BCUT2D eigenvalue weighted by molar-refractivity contribution is 6.07. The molecule has 0 aliphatic heterocycles. The summed E-state index contributed by atoms with van der Waals surface area (Å²) in [5, 5.41) is 5.32. The molecular weight excluding hydrogens is 409 g/mol. The first kappa shape index (κ1) is 20.0. The second kappa shape index (κ2) is 8.30. The Morgan fingerprint density at radius 1 is 0.938 bits per heavy atom. The normalized spacial score (nSPS) is 13.4. The van der Waals surface area contributed by atoms with E-state index in [-0.39, 0.29) is 11.5 Å². The van der Waals surface area contributed by atoms with Gasteiger partial charge in [-0.2, -0.15) is 5.10 Å². The van der Waals surface area contributed by atoms with E-state index in [1.807, 2.05) is 24.3 Å². The van der Waals surface area contributed by atoms with Crippen molar-refractivity contribution in [3.63, 3.8) is 0 Å². The van der Waals surface area contributed by atoms with Crippen LogP contribution in [0.15, 0.2) is 54.7 Å². The van der Waals surface area contributed by atoms with Gasteiger partial charge in [-0.25, -0.2) is 9.07 Å². The van der Waals surface area contributed by atoms with Crippen molar-refractivity contribution < 1.29 is 14.0 Å². The van der Waals surface area contributed by atoms with Crippen molar-refractivity contribution in [3.05, 3.63) is 83.1 Å². The number of para-hydroxylation sites is 1. The average Bonchev–Trinajstić information content (AvgIpc) is 3.31. The molecule has 0 saturated carbocycles. The molecule has 1 aliphatic carbocycles. The number of carbonyl (C=O) groups is 2. The maximum atomic E-state index is 13.4. The van der Waals surface area contributed by atoms with Crippen molar-refractivity contribution in [2.45, 2.75) is 32.1 Å². The van der Waals surface area contributed by atoms with Crippen LogP contribution in [0.5, 0.6) is 0 Å². The highest BCUT2D eigenvalue weighted by Gasteiger charge is 2.25. The van der Waals surface area contributed by atoms with E-state index in [1.54, 1.807) is 23.0 Å². The van der Waals surface area contributed by atoms with Gasteiger partial charge in [0.1, 0.15) is 5.82 Å². The Hall–Kier alpha value is -3.94. The van der Waals surface area contributed by atoms with Gasteiger partial charge in [0.05, 0.1) is 11.3 Å². The van der Waals surface area contributed by atoms with Crippen LogP contribution in [0, 0.1) is 5.82 Å². The van der Waals surface area contributed by atoms with E-state index in [1.165, 1.54) is 12.1 Å². The molecule has 4 aromatic rings. The molecule has 0 unspecified atom stereocenters. The number of nitrogens with one attached hydrogen (secondary N) is 3. The van der Waals surface area contributed by atoms with E-state index < -0.39 is 11.8 Å². The fourth-order valence-electron chi connectivity index (χ4n) is 4.25. The molecule has 2 heterocycles. The fourth-order valence-corrected chi connectivity index (χ4v) is 4.25. The Kier molecular flexibility index (Phi) is 5.18. The molecule has 1 aliphatic rings. The van der Waals surface area contributed by atoms with Crippen molar-refractivity contribution in [2.75, 3.05) is 0 Å². The standard InChI is InChI=1S/C24H22FN5O2/c25-15-10-12-16(13-11-15)30-21-9-3-1-2-7-18(21)22(29-30)24(32)28-27-23(31)19-14-26-20-8-5-4-6-17(19)20/h4-6,8,10-14,26H,1-3,7,9H2,(H,27,31)(H,28,32). The van der Waals surface area contributed by atoms with Crippen LogP contribution in [-0.2, 0) is 12.8 Å². The number of H-pyrrole nitrogens is 1.